The van der Waals surface area contributed by atoms with Crippen LogP contribution in [0, 0.1) is 5.41 Å². The average Bonchev–Trinajstić information content (AvgIpc) is 2.87. The quantitative estimate of drug-likeness (QED) is 0.748. The molecule has 1 saturated heterocycles. The summed E-state index contributed by atoms with van der Waals surface area (Å²) in [7, 11) is 0. The van der Waals surface area contributed by atoms with Gasteiger partial charge in [-0.05, 0) is 32.6 Å². The Labute approximate surface area is 96.9 Å². The number of ether oxygens (including phenoxy) is 1. The van der Waals surface area contributed by atoms with Crippen molar-refractivity contribution in [3.05, 3.63) is 0 Å². The van der Waals surface area contributed by atoms with Gasteiger partial charge in [0.05, 0.1) is 11.5 Å². The van der Waals surface area contributed by atoms with Gasteiger partial charge in [0, 0.05) is 19.2 Å². The molecule has 2 fully saturated rings. The molecule has 4 heteroatoms. The summed E-state index contributed by atoms with van der Waals surface area (Å²) in [5, 5.41) is 2.99. The van der Waals surface area contributed by atoms with E-state index >= 15 is 0 Å². The van der Waals surface area contributed by atoms with Crippen LogP contribution in [0.15, 0.2) is 0 Å². The highest BCUT2D eigenvalue weighted by Crippen LogP contribution is 2.36. The average molecular weight is 226 g/mol. The van der Waals surface area contributed by atoms with Crippen LogP contribution in [0.4, 0.5) is 0 Å². The fraction of sp³-hybridized carbons (Fsp3) is 0.917. The Kier molecular flexibility index (Phi) is 3.50. The maximum absolute atomic E-state index is 12.1. The molecule has 0 aromatic rings. The largest absolute Gasteiger partial charge is 0.376 e. The van der Waals surface area contributed by atoms with Crippen molar-refractivity contribution in [2.45, 2.75) is 51.2 Å². The lowest BCUT2D eigenvalue weighted by molar-refractivity contribution is -0.131. The fourth-order valence-corrected chi connectivity index (χ4v) is 2.69. The Morgan fingerprint density at radius 3 is 2.88 bits per heavy atom. The van der Waals surface area contributed by atoms with E-state index in [-0.39, 0.29) is 23.5 Å². The van der Waals surface area contributed by atoms with Gasteiger partial charge in [0.1, 0.15) is 0 Å². The van der Waals surface area contributed by atoms with Gasteiger partial charge < -0.3 is 15.8 Å². The lowest BCUT2D eigenvalue weighted by Gasteiger charge is -2.28. The molecule has 3 unspecified atom stereocenters. The third kappa shape index (κ3) is 2.23. The lowest BCUT2D eigenvalue weighted by atomic mass is 9.84. The Bertz CT molecular complexity index is 264. The zero-order chi connectivity index (χ0) is 11.6. The van der Waals surface area contributed by atoms with Crippen LogP contribution in [0.1, 0.15) is 39.0 Å². The molecule has 4 nitrogen and oxygen atoms in total. The minimum absolute atomic E-state index is 0.0111. The standard InChI is InChI=1S/C12H22N2O2/c1-12(6-2-5-10(12)13)11(15)14-8-9-4-3-7-16-9/h9-10H,2-8,13H2,1H3,(H,14,15). The molecule has 3 N–H and O–H groups in total. The zero-order valence-electron chi connectivity index (χ0n) is 10.00. The minimum atomic E-state index is -0.362. The molecule has 0 spiro atoms. The maximum atomic E-state index is 12.1. The predicted octanol–water partition coefficient (Wildman–Crippen LogP) is 0.799. The van der Waals surface area contributed by atoms with Crippen LogP contribution in [0.2, 0.25) is 0 Å². The fourth-order valence-electron chi connectivity index (χ4n) is 2.69. The second kappa shape index (κ2) is 4.72. The van der Waals surface area contributed by atoms with Gasteiger partial charge in [-0.25, -0.2) is 0 Å². The monoisotopic (exact) mass is 226 g/mol. The van der Waals surface area contributed by atoms with Gasteiger partial charge in [0.25, 0.3) is 0 Å². The number of hydrogen-bond donors (Lipinski definition) is 2. The first-order valence-electron chi connectivity index (χ1n) is 6.28. The minimum Gasteiger partial charge on any atom is -0.376 e. The SMILES string of the molecule is CC1(C(=O)NCC2CCCO2)CCCC1N. The Morgan fingerprint density at radius 2 is 2.31 bits per heavy atom. The van der Waals surface area contributed by atoms with E-state index in [9.17, 15) is 4.79 Å². The molecule has 1 aliphatic heterocycles. The Hall–Kier alpha value is -0.610. The number of carbonyl (C=O) groups excluding carboxylic acids is 1. The van der Waals surface area contributed by atoms with Crippen LogP contribution in [0.5, 0.6) is 0 Å². The molecular formula is C12H22N2O2. The molecule has 0 aromatic heterocycles. The van der Waals surface area contributed by atoms with E-state index in [1.165, 1.54) is 0 Å². The summed E-state index contributed by atoms with van der Waals surface area (Å²) >= 11 is 0. The van der Waals surface area contributed by atoms with E-state index < -0.39 is 0 Å². The number of nitrogens with one attached hydrogen (secondary N) is 1. The summed E-state index contributed by atoms with van der Waals surface area (Å²) in [6.07, 6.45) is 5.31. The van der Waals surface area contributed by atoms with Crippen molar-refractivity contribution >= 4 is 5.91 Å². The summed E-state index contributed by atoms with van der Waals surface area (Å²) in [6, 6.07) is 0.0111. The molecule has 0 bridgehead atoms. The maximum Gasteiger partial charge on any atom is 0.227 e. The van der Waals surface area contributed by atoms with Gasteiger partial charge >= 0.3 is 0 Å². The lowest BCUT2D eigenvalue weighted by Crippen LogP contribution is -2.48. The van der Waals surface area contributed by atoms with Crippen LogP contribution >= 0.6 is 0 Å². The Morgan fingerprint density at radius 1 is 1.50 bits per heavy atom. The van der Waals surface area contributed by atoms with E-state index in [1.54, 1.807) is 0 Å². The second-order valence-corrected chi connectivity index (χ2v) is 5.26. The summed E-state index contributed by atoms with van der Waals surface area (Å²) in [5.74, 6) is 0.105. The molecular weight excluding hydrogens is 204 g/mol. The number of nitrogens with two attached hydrogens (primary N) is 1. The number of rotatable bonds is 3. The number of hydrogen-bond acceptors (Lipinski definition) is 3. The molecule has 1 aliphatic carbocycles. The molecule has 1 amide bonds. The molecule has 16 heavy (non-hydrogen) atoms. The normalized spacial score (nSPS) is 38.9. The highest BCUT2D eigenvalue weighted by atomic mass is 16.5. The smallest absolute Gasteiger partial charge is 0.227 e. The van der Waals surface area contributed by atoms with Gasteiger partial charge in [-0.2, -0.15) is 0 Å². The molecule has 1 saturated carbocycles. The topological polar surface area (TPSA) is 64.3 Å². The second-order valence-electron chi connectivity index (χ2n) is 5.26. The van der Waals surface area contributed by atoms with Crippen molar-refractivity contribution in [3.8, 4) is 0 Å². The molecule has 92 valence electrons. The molecule has 3 atom stereocenters. The first-order valence-corrected chi connectivity index (χ1v) is 6.28. The van der Waals surface area contributed by atoms with Crippen LogP contribution < -0.4 is 11.1 Å². The van der Waals surface area contributed by atoms with Crippen molar-refractivity contribution in [3.63, 3.8) is 0 Å². The summed E-state index contributed by atoms with van der Waals surface area (Å²) in [5.41, 5.74) is 5.64. The van der Waals surface area contributed by atoms with Crippen LogP contribution in [-0.2, 0) is 9.53 Å². The molecule has 2 aliphatic rings. The van der Waals surface area contributed by atoms with Crippen molar-refractivity contribution in [2.24, 2.45) is 11.1 Å². The first kappa shape index (κ1) is 11.9. The van der Waals surface area contributed by atoms with Crippen LogP contribution in [-0.4, -0.2) is 31.2 Å². The van der Waals surface area contributed by atoms with Crippen molar-refractivity contribution in [1.29, 1.82) is 0 Å². The Balaban J connectivity index is 1.82. The van der Waals surface area contributed by atoms with E-state index in [0.29, 0.717) is 6.54 Å². The predicted molar refractivity (Wildman–Crippen MR) is 61.9 cm³/mol. The third-order valence-electron chi connectivity index (χ3n) is 4.06. The van der Waals surface area contributed by atoms with Crippen LogP contribution in [0.25, 0.3) is 0 Å². The van der Waals surface area contributed by atoms with E-state index in [4.69, 9.17) is 10.5 Å². The van der Waals surface area contributed by atoms with E-state index in [0.717, 1.165) is 38.7 Å². The highest BCUT2D eigenvalue weighted by molar-refractivity contribution is 5.83. The number of carbonyl (C=O) groups is 1. The highest BCUT2D eigenvalue weighted by Gasteiger charge is 2.42. The zero-order valence-corrected chi connectivity index (χ0v) is 10.00. The summed E-state index contributed by atoms with van der Waals surface area (Å²) < 4.78 is 5.48. The van der Waals surface area contributed by atoms with E-state index in [1.807, 2.05) is 6.92 Å². The van der Waals surface area contributed by atoms with Crippen molar-refractivity contribution in [1.82, 2.24) is 5.32 Å². The van der Waals surface area contributed by atoms with Gasteiger partial charge in [-0.1, -0.05) is 6.42 Å². The summed E-state index contributed by atoms with van der Waals surface area (Å²) in [6.45, 7) is 3.45. The van der Waals surface area contributed by atoms with Crippen molar-refractivity contribution in [2.75, 3.05) is 13.2 Å². The van der Waals surface area contributed by atoms with Gasteiger partial charge in [0.15, 0.2) is 0 Å². The molecule has 0 aromatic carbocycles. The number of amides is 1. The molecule has 2 rings (SSSR count). The van der Waals surface area contributed by atoms with Gasteiger partial charge in [-0.3, -0.25) is 4.79 Å². The van der Waals surface area contributed by atoms with Crippen molar-refractivity contribution < 1.29 is 9.53 Å². The molecule has 1 heterocycles. The van der Waals surface area contributed by atoms with E-state index in [2.05, 4.69) is 5.32 Å². The first-order chi connectivity index (χ1) is 7.63. The van der Waals surface area contributed by atoms with Gasteiger partial charge in [-0.15, -0.1) is 0 Å². The van der Waals surface area contributed by atoms with Gasteiger partial charge in [0.2, 0.25) is 5.91 Å². The third-order valence-corrected chi connectivity index (χ3v) is 4.06. The molecule has 0 radical (unpaired) electrons. The summed E-state index contributed by atoms with van der Waals surface area (Å²) in [4.78, 5) is 12.1. The van der Waals surface area contributed by atoms with Crippen LogP contribution in [0.3, 0.4) is 0 Å².